The number of aromatic hydroxyl groups is 1. The Bertz CT molecular complexity index is 1530. The summed E-state index contributed by atoms with van der Waals surface area (Å²) in [5.41, 5.74) is -2.94. The molecule has 2 aromatic rings. The SMILES string of the molecule is CCN1C(=O)N(CC)C(=O)C2(CCc3cc4c(c(OC)c3C2c2c(O)n(CC)c(=O)n(CC)c2=O)OCO4)C1=O. The summed E-state index contributed by atoms with van der Waals surface area (Å²) in [4.78, 5) is 71.0. The van der Waals surface area contributed by atoms with Gasteiger partial charge in [0.05, 0.1) is 12.7 Å². The van der Waals surface area contributed by atoms with E-state index in [2.05, 4.69) is 0 Å². The van der Waals surface area contributed by atoms with Gasteiger partial charge in [-0.2, -0.15) is 0 Å². The van der Waals surface area contributed by atoms with Gasteiger partial charge >= 0.3 is 11.7 Å². The molecule has 5 rings (SSSR count). The number of rotatable bonds is 6. The van der Waals surface area contributed by atoms with E-state index in [1.807, 2.05) is 0 Å². The molecule has 1 spiro atoms. The Balaban J connectivity index is 1.97. The van der Waals surface area contributed by atoms with Crippen molar-refractivity contribution in [3.63, 3.8) is 0 Å². The molecule has 1 unspecified atom stereocenters. The topological polar surface area (TPSA) is 150 Å². The van der Waals surface area contributed by atoms with Crippen LogP contribution in [-0.4, -0.2) is 68.9 Å². The first-order valence-corrected chi connectivity index (χ1v) is 13.4. The lowest BCUT2D eigenvalue weighted by atomic mass is 9.59. The largest absolute Gasteiger partial charge is 0.494 e. The first-order valence-electron chi connectivity index (χ1n) is 13.4. The minimum Gasteiger partial charge on any atom is -0.494 e. The molecule has 0 saturated carbocycles. The van der Waals surface area contributed by atoms with Crippen LogP contribution < -0.4 is 25.5 Å². The molecule has 13 nitrogen and oxygen atoms in total. The summed E-state index contributed by atoms with van der Waals surface area (Å²) in [6.07, 6.45) is 0.136. The Hall–Kier alpha value is -4.29. The number of carbonyl (C=O) groups is 3. The third-order valence-corrected chi connectivity index (χ3v) is 8.22. The molecular formula is C27H32N4O9. The number of imide groups is 2. The van der Waals surface area contributed by atoms with Gasteiger partial charge in [0.15, 0.2) is 11.5 Å². The maximum atomic E-state index is 14.3. The predicted molar refractivity (Wildman–Crippen MR) is 140 cm³/mol. The molecule has 0 bridgehead atoms. The lowest BCUT2D eigenvalue weighted by molar-refractivity contribution is -0.161. The zero-order valence-electron chi connectivity index (χ0n) is 23.1. The fourth-order valence-electron chi connectivity index (χ4n) is 6.35. The Morgan fingerprint density at radius 2 is 1.55 bits per heavy atom. The van der Waals surface area contributed by atoms with E-state index in [-0.39, 0.29) is 68.4 Å². The average molecular weight is 557 g/mol. The number of urea groups is 1. The average Bonchev–Trinajstić information content (AvgIpc) is 3.40. The smallest absolute Gasteiger partial charge is 0.333 e. The first-order chi connectivity index (χ1) is 19.1. The fraction of sp³-hybridized carbons (Fsp3) is 0.519. The number of aromatic nitrogens is 2. The van der Waals surface area contributed by atoms with Gasteiger partial charge in [-0.3, -0.25) is 33.3 Å². The number of benzene rings is 1. The van der Waals surface area contributed by atoms with Crippen LogP contribution in [0.1, 0.15) is 56.7 Å². The molecule has 40 heavy (non-hydrogen) atoms. The van der Waals surface area contributed by atoms with Crippen molar-refractivity contribution in [1.82, 2.24) is 18.9 Å². The van der Waals surface area contributed by atoms with Gasteiger partial charge in [0.25, 0.3) is 5.56 Å². The minimum absolute atomic E-state index is 0.0132. The number of hydrogen-bond donors (Lipinski definition) is 1. The molecule has 3 heterocycles. The lowest BCUT2D eigenvalue weighted by Crippen LogP contribution is -2.68. The molecular weight excluding hydrogens is 524 g/mol. The second-order valence-electron chi connectivity index (χ2n) is 9.82. The van der Waals surface area contributed by atoms with Crippen molar-refractivity contribution in [3.8, 4) is 23.1 Å². The highest BCUT2D eigenvalue weighted by atomic mass is 16.7. The zero-order chi connectivity index (χ0) is 29.1. The molecule has 1 saturated heterocycles. The van der Waals surface area contributed by atoms with Crippen molar-refractivity contribution < 1.29 is 33.7 Å². The zero-order valence-corrected chi connectivity index (χ0v) is 23.1. The molecule has 0 radical (unpaired) electrons. The van der Waals surface area contributed by atoms with Crippen molar-refractivity contribution >= 4 is 17.8 Å². The van der Waals surface area contributed by atoms with E-state index in [0.717, 1.165) is 18.9 Å². The Labute approximate surface area is 229 Å². The van der Waals surface area contributed by atoms with Crippen LogP contribution >= 0.6 is 0 Å². The Kier molecular flexibility index (Phi) is 6.63. The van der Waals surface area contributed by atoms with Gasteiger partial charge < -0.3 is 19.3 Å². The lowest BCUT2D eigenvalue weighted by Gasteiger charge is -2.49. The van der Waals surface area contributed by atoms with Crippen LogP contribution in [0.15, 0.2) is 15.7 Å². The van der Waals surface area contributed by atoms with Gasteiger partial charge in [0, 0.05) is 37.7 Å². The van der Waals surface area contributed by atoms with E-state index in [9.17, 15) is 29.1 Å². The van der Waals surface area contributed by atoms with Crippen LogP contribution in [0.5, 0.6) is 23.1 Å². The Morgan fingerprint density at radius 3 is 2.10 bits per heavy atom. The van der Waals surface area contributed by atoms with Crippen LogP contribution in [0.2, 0.25) is 0 Å². The predicted octanol–water partition coefficient (Wildman–Crippen LogP) is 1.39. The van der Waals surface area contributed by atoms with Crippen LogP contribution in [-0.2, 0) is 29.1 Å². The number of nitrogens with zero attached hydrogens (tertiary/aromatic N) is 4. The highest BCUT2D eigenvalue weighted by molar-refractivity contribution is 6.20. The Morgan fingerprint density at radius 1 is 0.925 bits per heavy atom. The fourth-order valence-corrected chi connectivity index (χ4v) is 6.35. The summed E-state index contributed by atoms with van der Waals surface area (Å²) < 4.78 is 19.0. The second-order valence-corrected chi connectivity index (χ2v) is 9.82. The molecule has 1 aromatic heterocycles. The number of hydrogen-bond acceptors (Lipinski definition) is 9. The second kappa shape index (κ2) is 9.72. The first kappa shape index (κ1) is 27.3. The monoisotopic (exact) mass is 556 g/mol. The van der Waals surface area contributed by atoms with Gasteiger partial charge in [-0.15, -0.1) is 0 Å². The summed E-state index contributed by atoms with van der Waals surface area (Å²) in [6, 6.07) is 0.963. The van der Waals surface area contributed by atoms with E-state index in [0.29, 0.717) is 11.3 Å². The van der Waals surface area contributed by atoms with Crippen molar-refractivity contribution in [2.24, 2.45) is 5.41 Å². The minimum atomic E-state index is -1.99. The van der Waals surface area contributed by atoms with E-state index < -0.39 is 46.3 Å². The van der Waals surface area contributed by atoms with Gasteiger partial charge in [-0.05, 0) is 52.2 Å². The summed E-state index contributed by atoms with van der Waals surface area (Å²) >= 11 is 0. The summed E-state index contributed by atoms with van der Waals surface area (Å²) in [5, 5.41) is 11.5. The van der Waals surface area contributed by atoms with E-state index >= 15 is 0 Å². The maximum absolute atomic E-state index is 14.3. The molecule has 3 aliphatic rings. The number of carbonyl (C=O) groups excluding carboxylic acids is 3. The number of fused-ring (bicyclic) bond motifs is 2. The van der Waals surface area contributed by atoms with Crippen LogP contribution in [0.25, 0.3) is 0 Å². The van der Waals surface area contributed by atoms with Gasteiger partial charge in [-0.25, -0.2) is 9.59 Å². The van der Waals surface area contributed by atoms with Crippen LogP contribution in [0.4, 0.5) is 4.79 Å². The third-order valence-electron chi connectivity index (χ3n) is 8.22. The van der Waals surface area contributed by atoms with Crippen LogP contribution in [0, 0.1) is 5.41 Å². The molecule has 1 atom stereocenters. The normalized spacial score (nSPS) is 19.4. The number of amides is 4. The standard InChI is InChI=1S/C27H32N4O9/c1-6-28-21(32)17(22(33)29(7-2)25(28)36)18-16-14(12-15-19(20(16)38-5)40-13-39-15)10-11-27(18)23(34)30(8-3)26(37)31(9-4)24(27)35/h12,18,32H,6-11,13H2,1-5H3. The number of methoxy groups -OCH3 is 1. The maximum Gasteiger partial charge on any atom is 0.333 e. The van der Waals surface area contributed by atoms with Crippen molar-refractivity contribution in [2.75, 3.05) is 27.0 Å². The van der Waals surface area contributed by atoms with E-state index in [4.69, 9.17) is 14.2 Å². The highest BCUT2D eigenvalue weighted by Gasteiger charge is 2.64. The molecule has 4 amide bonds. The van der Waals surface area contributed by atoms with Crippen molar-refractivity contribution in [1.29, 1.82) is 0 Å². The highest BCUT2D eigenvalue weighted by Crippen LogP contribution is 2.59. The molecule has 2 aliphatic heterocycles. The van der Waals surface area contributed by atoms with Gasteiger partial charge in [0.1, 0.15) is 5.41 Å². The molecule has 214 valence electrons. The van der Waals surface area contributed by atoms with Gasteiger partial charge in [0.2, 0.25) is 30.2 Å². The van der Waals surface area contributed by atoms with E-state index in [1.54, 1.807) is 33.8 Å². The quantitative estimate of drug-likeness (QED) is 0.521. The summed E-state index contributed by atoms with van der Waals surface area (Å²) in [5.74, 6) is -2.84. The summed E-state index contributed by atoms with van der Waals surface area (Å²) in [6.45, 7) is 6.38. The van der Waals surface area contributed by atoms with Crippen molar-refractivity contribution in [2.45, 2.75) is 59.5 Å². The van der Waals surface area contributed by atoms with Gasteiger partial charge in [-0.1, -0.05) is 0 Å². The number of ether oxygens (including phenoxy) is 3. The summed E-state index contributed by atoms with van der Waals surface area (Å²) in [7, 11) is 1.39. The van der Waals surface area contributed by atoms with Crippen molar-refractivity contribution in [3.05, 3.63) is 43.6 Å². The van der Waals surface area contributed by atoms with E-state index in [1.165, 1.54) is 7.11 Å². The molecule has 1 aromatic carbocycles. The molecule has 13 heteroatoms. The number of aryl methyl sites for hydroxylation is 1. The number of barbiturate groups is 1. The third kappa shape index (κ3) is 3.35. The molecule has 1 fully saturated rings. The molecule has 1 N–H and O–H groups in total. The molecule has 1 aliphatic carbocycles. The van der Waals surface area contributed by atoms with Crippen LogP contribution in [0.3, 0.4) is 0 Å².